The Kier molecular flexibility index (Phi) is 6.49. The summed E-state index contributed by atoms with van der Waals surface area (Å²) in [6, 6.07) is 14.9. The second-order valence-corrected chi connectivity index (χ2v) is 8.21. The number of carbonyl (C=O) groups excluding carboxylic acids is 3. The van der Waals surface area contributed by atoms with E-state index in [2.05, 4.69) is 0 Å². The molecule has 3 aromatic rings. The summed E-state index contributed by atoms with van der Waals surface area (Å²) in [6.45, 7) is 3.29. The summed E-state index contributed by atoms with van der Waals surface area (Å²) in [7, 11) is 1.52. The number of methoxy groups -OCH3 is 1. The van der Waals surface area contributed by atoms with Crippen molar-refractivity contribution in [2.75, 3.05) is 25.2 Å². The molecule has 1 aliphatic heterocycles. The molecule has 2 heterocycles. The molecule has 1 aliphatic rings. The standard InChI is InChI=1S/C26H25FN2O5/c1-16-11-21(17(2)29(16)20-8-6-7-19(27)13-20)23(30)15-34-26(32)18-12-25(31)28(14-18)22-9-4-5-10-24(22)33-3/h4-11,13,18H,12,14-15H2,1-3H3/t18-/m0/s1. The number of benzene rings is 2. The summed E-state index contributed by atoms with van der Waals surface area (Å²) < 4.78 is 26.1. The topological polar surface area (TPSA) is 77.8 Å². The molecule has 176 valence electrons. The SMILES string of the molecule is COc1ccccc1N1C[C@@H](C(=O)OCC(=O)c2cc(C)n(-c3cccc(F)c3)c2C)CC1=O. The lowest BCUT2D eigenvalue weighted by Crippen LogP contribution is -2.27. The molecule has 0 unspecified atom stereocenters. The molecule has 0 bridgehead atoms. The van der Waals surface area contributed by atoms with Gasteiger partial charge in [-0.1, -0.05) is 18.2 Å². The first-order chi connectivity index (χ1) is 16.3. The predicted octanol–water partition coefficient (Wildman–Crippen LogP) is 4.02. The van der Waals surface area contributed by atoms with Crippen molar-refractivity contribution in [3.63, 3.8) is 0 Å². The number of ether oxygens (including phenoxy) is 2. The number of rotatable bonds is 7. The summed E-state index contributed by atoms with van der Waals surface area (Å²) in [5, 5.41) is 0. The van der Waals surface area contributed by atoms with Crippen LogP contribution < -0.4 is 9.64 Å². The van der Waals surface area contributed by atoms with Crippen molar-refractivity contribution in [3.05, 3.63) is 77.4 Å². The molecule has 1 fully saturated rings. The van der Waals surface area contributed by atoms with Crippen LogP contribution in [0.15, 0.2) is 54.6 Å². The first-order valence-electron chi connectivity index (χ1n) is 10.9. The fourth-order valence-corrected chi connectivity index (χ4v) is 4.34. The quantitative estimate of drug-likeness (QED) is 0.390. The lowest BCUT2D eigenvalue weighted by atomic mass is 10.1. The zero-order chi connectivity index (χ0) is 24.4. The van der Waals surface area contributed by atoms with Crippen molar-refractivity contribution in [2.45, 2.75) is 20.3 Å². The second kappa shape index (κ2) is 9.51. The maximum absolute atomic E-state index is 13.7. The van der Waals surface area contributed by atoms with Gasteiger partial charge in [-0.15, -0.1) is 0 Å². The third-order valence-electron chi connectivity index (χ3n) is 5.98. The molecule has 0 aliphatic carbocycles. The Hall–Kier alpha value is -3.94. The molecular weight excluding hydrogens is 439 g/mol. The average molecular weight is 464 g/mol. The molecule has 0 N–H and O–H groups in total. The number of halogens is 1. The number of Topliss-reactive ketones (excluding diaryl/α,β-unsaturated/α-hetero) is 1. The minimum absolute atomic E-state index is 0.000837. The fraction of sp³-hybridized carbons (Fsp3) is 0.269. The van der Waals surface area contributed by atoms with E-state index in [-0.39, 0.29) is 30.5 Å². The third kappa shape index (κ3) is 4.44. The Bertz CT molecular complexity index is 1270. The van der Waals surface area contributed by atoms with E-state index in [0.717, 1.165) is 5.69 Å². The number of amides is 1. The lowest BCUT2D eigenvalue weighted by Gasteiger charge is -2.19. The molecule has 1 atom stereocenters. The largest absolute Gasteiger partial charge is 0.495 e. The van der Waals surface area contributed by atoms with Gasteiger partial charge in [0.1, 0.15) is 11.6 Å². The zero-order valence-corrected chi connectivity index (χ0v) is 19.2. The smallest absolute Gasteiger partial charge is 0.311 e. The van der Waals surface area contributed by atoms with E-state index in [1.807, 2.05) is 6.92 Å². The number of aromatic nitrogens is 1. The molecule has 34 heavy (non-hydrogen) atoms. The molecular formula is C26H25FN2O5. The predicted molar refractivity (Wildman–Crippen MR) is 124 cm³/mol. The summed E-state index contributed by atoms with van der Waals surface area (Å²) >= 11 is 0. The van der Waals surface area contributed by atoms with Crippen molar-refractivity contribution in [2.24, 2.45) is 5.92 Å². The Morgan fingerprint density at radius 3 is 2.59 bits per heavy atom. The number of carbonyl (C=O) groups is 3. The molecule has 4 rings (SSSR count). The van der Waals surface area contributed by atoms with E-state index in [9.17, 15) is 18.8 Å². The Morgan fingerprint density at radius 2 is 1.85 bits per heavy atom. The Morgan fingerprint density at radius 1 is 1.09 bits per heavy atom. The summed E-state index contributed by atoms with van der Waals surface area (Å²) in [6.07, 6.45) is -0.000837. The van der Waals surface area contributed by atoms with Gasteiger partial charge < -0.3 is 18.9 Å². The monoisotopic (exact) mass is 464 g/mol. The highest BCUT2D eigenvalue weighted by Gasteiger charge is 2.37. The molecule has 0 radical (unpaired) electrons. The summed E-state index contributed by atoms with van der Waals surface area (Å²) in [5.74, 6) is -1.69. The van der Waals surface area contributed by atoms with Gasteiger partial charge in [0, 0.05) is 35.6 Å². The van der Waals surface area contributed by atoms with Crippen LogP contribution in [0.1, 0.15) is 28.2 Å². The Labute approximate surface area is 196 Å². The van der Waals surface area contributed by atoms with Gasteiger partial charge in [-0.3, -0.25) is 14.4 Å². The van der Waals surface area contributed by atoms with Gasteiger partial charge in [0.15, 0.2) is 6.61 Å². The van der Waals surface area contributed by atoms with Crippen molar-refractivity contribution in [1.82, 2.24) is 4.57 Å². The number of hydrogen-bond acceptors (Lipinski definition) is 5. The van der Waals surface area contributed by atoms with Crippen LogP contribution in [-0.4, -0.2) is 42.5 Å². The number of hydrogen-bond donors (Lipinski definition) is 0. The van der Waals surface area contributed by atoms with Crippen LogP contribution in [0.3, 0.4) is 0 Å². The average Bonchev–Trinajstić information content (AvgIpc) is 3.36. The highest BCUT2D eigenvalue weighted by atomic mass is 19.1. The van der Waals surface area contributed by atoms with Gasteiger partial charge in [0.2, 0.25) is 11.7 Å². The first-order valence-corrected chi connectivity index (χ1v) is 10.9. The third-order valence-corrected chi connectivity index (χ3v) is 5.98. The molecule has 7 nitrogen and oxygen atoms in total. The van der Waals surface area contributed by atoms with Gasteiger partial charge in [-0.2, -0.15) is 0 Å². The van der Waals surface area contributed by atoms with Crippen LogP contribution in [0.2, 0.25) is 0 Å². The minimum atomic E-state index is -0.676. The van der Waals surface area contributed by atoms with Crippen molar-refractivity contribution in [1.29, 1.82) is 0 Å². The number of anilines is 1. The van der Waals surface area contributed by atoms with Gasteiger partial charge in [-0.05, 0) is 50.2 Å². The van der Waals surface area contributed by atoms with E-state index in [4.69, 9.17) is 9.47 Å². The van der Waals surface area contributed by atoms with Crippen LogP contribution in [0.4, 0.5) is 10.1 Å². The molecule has 2 aromatic carbocycles. The molecule has 1 aromatic heterocycles. The van der Waals surface area contributed by atoms with Crippen LogP contribution >= 0.6 is 0 Å². The van der Waals surface area contributed by atoms with E-state index < -0.39 is 18.5 Å². The van der Waals surface area contributed by atoms with Crippen LogP contribution in [-0.2, 0) is 14.3 Å². The fourth-order valence-electron chi connectivity index (χ4n) is 4.34. The van der Waals surface area contributed by atoms with Gasteiger partial charge in [0.05, 0.1) is 18.7 Å². The number of nitrogens with zero attached hydrogens (tertiary/aromatic N) is 2. The highest BCUT2D eigenvalue weighted by Crippen LogP contribution is 2.33. The molecule has 8 heteroatoms. The number of ketones is 1. The van der Waals surface area contributed by atoms with Crippen molar-refractivity contribution >= 4 is 23.3 Å². The minimum Gasteiger partial charge on any atom is -0.495 e. The summed E-state index contributed by atoms with van der Waals surface area (Å²) in [5.41, 5.74) is 2.97. The van der Waals surface area contributed by atoms with E-state index in [1.54, 1.807) is 54.0 Å². The van der Waals surface area contributed by atoms with E-state index in [1.165, 1.54) is 24.1 Å². The summed E-state index contributed by atoms with van der Waals surface area (Å²) in [4.78, 5) is 39.5. The van der Waals surface area contributed by atoms with Gasteiger partial charge >= 0.3 is 5.97 Å². The number of esters is 1. The van der Waals surface area contributed by atoms with Crippen molar-refractivity contribution in [3.8, 4) is 11.4 Å². The number of aryl methyl sites for hydroxylation is 1. The van der Waals surface area contributed by atoms with Gasteiger partial charge in [-0.25, -0.2) is 4.39 Å². The molecule has 0 saturated carbocycles. The maximum atomic E-state index is 13.7. The zero-order valence-electron chi connectivity index (χ0n) is 19.2. The van der Waals surface area contributed by atoms with E-state index in [0.29, 0.717) is 28.4 Å². The molecule has 0 spiro atoms. The van der Waals surface area contributed by atoms with Crippen molar-refractivity contribution < 1.29 is 28.2 Å². The lowest BCUT2D eigenvalue weighted by molar-refractivity contribution is -0.147. The van der Waals surface area contributed by atoms with E-state index >= 15 is 0 Å². The number of para-hydroxylation sites is 2. The highest BCUT2D eigenvalue weighted by molar-refractivity contribution is 6.02. The van der Waals surface area contributed by atoms with Crippen LogP contribution in [0, 0.1) is 25.6 Å². The van der Waals surface area contributed by atoms with Crippen LogP contribution in [0.5, 0.6) is 5.75 Å². The normalized spacial score (nSPS) is 15.5. The second-order valence-electron chi connectivity index (χ2n) is 8.21. The van der Waals surface area contributed by atoms with Crippen LogP contribution in [0.25, 0.3) is 5.69 Å². The Balaban J connectivity index is 1.42. The molecule has 1 amide bonds. The maximum Gasteiger partial charge on any atom is 0.311 e. The van der Waals surface area contributed by atoms with Gasteiger partial charge in [0.25, 0.3) is 0 Å². The molecule has 1 saturated heterocycles. The first kappa shape index (κ1) is 23.2.